The standard InChI is InChI=1S/C17H26O4/c1-7-20-16(18)12(2)10-13-8-9-14(19-6)15(11-13)21-17(3,4)5/h8-11,16,18H,7H2,1-6H3. The molecule has 21 heavy (non-hydrogen) atoms. The van der Waals surface area contributed by atoms with Gasteiger partial charge in [0.1, 0.15) is 5.60 Å². The number of aliphatic hydroxyl groups is 1. The van der Waals surface area contributed by atoms with Crippen LogP contribution in [0.2, 0.25) is 0 Å². The normalized spacial score (nSPS) is 14.0. The van der Waals surface area contributed by atoms with Crippen LogP contribution in [-0.4, -0.2) is 30.7 Å². The highest BCUT2D eigenvalue weighted by Gasteiger charge is 2.15. The van der Waals surface area contributed by atoms with Gasteiger partial charge in [-0.15, -0.1) is 0 Å². The molecule has 1 atom stereocenters. The minimum absolute atomic E-state index is 0.310. The molecule has 0 aliphatic heterocycles. The van der Waals surface area contributed by atoms with Crippen LogP contribution in [0.1, 0.15) is 40.2 Å². The predicted molar refractivity (Wildman–Crippen MR) is 84.7 cm³/mol. The maximum Gasteiger partial charge on any atom is 0.177 e. The smallest absolute Gasteiger partial charge is 0.177 e. The lowest BCUT2D eigenvalue weighted by Crippen LogP contribution is -2.23. The summed E-state index contributed by atoms with van der Waals surface area (Å²) in [7, 11) is 1.62. The van der Waals surface area contributed by atoms with Crippen LogP contribution in [0.15, 0.2) is 23.8 Å². The molecule has 0 heterocycles. The highest BCUT2D eigenvalue weighted by atomic mass is 16.6. The van der Waals surface area contributed by atoms with Crippen LogP contribution in [0.25, 0.3) is 6.08 Å². The van der Waals surface area contributed by atoms with Gasteiger partial charge in [-0.3, -0.25) is 0 Å². The molecule has 4 nitrogen and oxygen atoms in total. The van der Waals surface area contributed by atoms with Crippen LogP contribution in [-0.2, 0) is 4.74 Å². The maximum atomic E-state index is 9.79. The topological polar surface area (TPSA) is 47.9 Å². The Morgan fingerprint density at radius 2 is 1.95 bits per heavy atom. The third kappa shape index (κ3) is 5.78. The number of ether oxygens (including phenoxy) is 3. The first-order valence-electron chi connectivity index (χ1n) is 7.11. The Bertz CT molecular complexity index is 486. The number of hydrogen-bond donors (Lipinski definition) is 1. The molecule has 1 unspecified atom stereocenters. The molecule has 0 saturated heterocycles. The Labute approximate surface area is 127 Å². The van der Waals surface area contributed by atoms with Crippen LogP contribution in [0.5, 0.6) is 11.5 Å². The zero-order chi connectivity index (χ0) is 16.0. The summed E-state index contributed by atoms with van der Waals surface area (Å²) in [6.45, 7) is 10.1. The molecule has 0 bridgehead atoms. The number of methoxy groups -OCH3 is 1. The van der Waals surface area contributed by atoms with E-state index in [-0.39, 0.29) is 5.60 Å². The molecule has 0 fully saturated rings. The Balaban J connectivity index is 3.05. The summed E-state index contributed by atoms with van der Waals surface area (Å²) in [4.78, 5) is 0. The van der Waals surface area contributed by atoms with Crippen molar-refractivity contribution < 1.29 is 19.3 Å². The van der Waals surface area contributed by atoms with E-state index < -0.39 is 6.29 Å². The van der Waals surface area contributed by atoms with Crippen molar-refractivity contribution in [3.8, 4) is 11.5 Å². The average Bonchev–Trinajstić information content (AvgIpc) is 2.37. The molecule has 0 aromatic heterocycles. The summed E-state index contributed by atoms with van der Waals surface area (Å²) < 4.78 is 16.4. The first kappa shape index (κ1) is 17.5. The van der Waals surface area contributed by atoms with Gasteiger partial charge >= 0.3 is 0 Å². The Morgan fingerprint density at radius 1 is 1.29 bits per heavy atom. The van der Waals surface area contributed by atoms with E-state index in [1.807, 2.05) is 58.9 Å². The zero-order valence-electron chi connectivity index (χ0n) is 13.8. The SMILES string of the molecule is CCOC(O)C(C)=Cc1ccc(OC)c(OC(C)(C)C)c1. The van der Waals surface area contributed by atoms with Gasteiger partial charge < -0.3 is 19.3 Å². The number of benzene rings is 1. The first-order valence-corrected chi connectivity index (χ1v) is 7.11. The average molecular weight is 294 g/mol. The van der Waals surface area contributed by atoms with Crippen LogP contribution in [0.4, 0.5) is 0 Å². The lowest BCUT2D eigenvalue weighted by molar-refractivity contribution is -0.0662. The van der Waals surface area contributed by atoms with Crippen molar-refractivity contribution in [2.75, 3.05) is 13.7 Å². The molecular formula is C17H26O4. The second-order valence-electron chi connectivity index (χ2n) is 5.82. The van der Waals surface area contributed by atoms with Crippen molar-refractivity contribution in [1.29, 1.82) is 0 Å². The van der Waals surface area contributed by atoms with Crippen LogP contribution in [0, 0.1) is 0 Å². The number of hydrogen-bond acceptors (Lipinski definition) is 4. The van der Waals surface area contributed by atoms with Crippen molar-refractivity contribution in [2.24, 2.45) is 0 Å². The van der Waals surface area contributed by atoms with Crippen LogP contribution < -0.4 is 9.47 Å². The fourth-order valence-electron chi connectivity index (χ4n) is 1.82. The molecule has 0 spiro atoms. The van der Waals surface area contributed by atoms with E-state index in [1.165, 1.54) is 0 Å². The van der Waals surface area contributed by atoms with Gasteiger partial charge in [-0.1, -0.05) is 12.1 Å². The Hall–Kier alpha value is -1.52. The van der Waals surface area contributed by atoms with E-state index in [9.17, 15) is 5.11 Å². The summed E-state index contributed by atoms with van der Waals surface area (Å²) in [6, 6.07) is 5.66. The summed E-state index contributed by atoms with van der Waals surface area (Å²) in [6.07, 6.45) is 0.985. The zero-order valence-corrected chi connectivity index (χ0v) is 13.8. The largest absolute Gasteiger partial charge is 0.493 e. The molecule has 4 heteroatoms. The van der Waals surface area contributed by atoms with E-state index >= 15 is 0 Å². The second-order valence-corrected chi connectivity index (χ2v) is 5.82. The molecule has 0 amide bonds. The third-order valence-electron chi connectivity index (χ3n) is 2.71. The lowest BCUT2D eigenvalue weighted by atomic mass is 10.1. The molecule has 1 aromatic carbocycles. The van der Waals surface area contributed by atoms with Gasteiger partial charge in [-0.2, -0.15) is 0 Å². The number of aliphatic hydroxyl groups excluding tert-OH is 1. The van der Waals surface area contributed by atoms with Gasteiger partial charge in [0.25, 0.3) is 0 Å². The van der Waals surface area contributed by atoms with Crippen molar-refractivity contribution >= 4 is 6.08 Å². The third-order valence-corrected chi connectivity index (χ3v) is 2.71. The van der Waals surface area contributed by atoms with Crippen molar-refractivity contribution in [3.05, 3.63) is 29.3 Å². The minimum Gasteiger partial charge on any atom is -0.493 e. The quantitative estimate of drug-likeness (QED) is 0.814. The highest BCUT2D eigenvalue weighted by molar-refractivity contribution is 5.58. The van der Waals surface area contributed by atoms with Crippen molar-refractivity contribution in [3.63, 3.8) is 0 Å². The summed E-state index contributed by atoms with van der Waals surface area (Å²) >= 11 is 0. The lowest BCUT2D eigenvalue weighted by Gasteiger charge is -2.23. The van der Waals surface area contributed by atoms with E-state index in [0.29, 0.717) is 18.1 Å². The van der Waals surface area contributed by atoms with E-state index in [4.69, 9.17) is 14.2 Å². The second kappa shape index (κ2) is 7.48. The van der Waals surface area contributed by atoms with Gasteiger partial charge in [0.05, 0.1) is 7.11 Å². The molecule has 118 valence electrons. The van der Waals surface area contributed by atoms with Crippen molar-refractivity contribution in [2.45, 2.75) is 46.5 Å². The van der Waals surface area contributed by atoms with E-state index in [0.717, 1.165) is 11.1 Å². The van der Waals surface area contributed by atoms with E-state index in [2.05, 4.69) is 0 Å². The van der Waals surface area contributed by atoms with Crippen LogP contribution >= 0.6 is 0 Å². The molecule has 1 rings (SSSR count). The highest BCUT2D eigenvalue weighted by Crippen LogP contribution is 2.32. The van der Waals surface area contributed by atoms with Gasteiger partial charge in [0.2, 0.25) is 0 Å². The summed E-state index contributed by atoms with van der Waals surface area (Å²) in [5.41, 5.74) is 1.35. The Kier molecular flexibility index (Phi) is 6.24. The fourth-order valence-corrected chi connectivity index (χ4v) is 1.82. The molecule has 1 N–H and O–H groups in total. The number of rotatable bonds is 6. The fraction of sp³-hybridized carbons (Fsp3) is 0.529. The predicted octanol–water partition coefficient (Wildman–Crippen LogP) is 3.63. The monoisotopic (exact) mass is 294 g/mol. The van der Waals surface area contributed by atoms with Gasteiger partial charge in [-0.05, 0) is 57.9 Å². The molecule has 0 aliphatic carbocycles. The molecule has 0 aliphatic rings. The first-order chi connectivity index (χ1) is 9.76. The van der Waals surface area contributed by atoms with Crippen molar-refractivity contribution in [1.82, 2.24) is 0 Å². The summed E-state index contributed by atoms with van der Waals surface area (Å²) in [5, 5.41) is 9.79. The molecule has 0 saturated carbocycles. The maximum absolute atomic E-state index is 9.79. The van der Waals surface area contributed by atoms with Gasteiger partial charge in [0, 0.05) is 6.61 Å². The Morgan fingerprint density at radius 3 is 2.48 bits per heavy atom. The van der Waals surface area contributed by atoms with Gasteiger partial charge in [-0.25, -0.2) is 0 Å². The van der Waals surface area contributed by atoms with Gasteiger partial charge in [0.15, 0.2) is 17.8 Å². The minimum atomic E-state index is -0.885. The molecular weight excluding hydrogens is 268 g/mol. The summed E-state index contributed by atoms with van der Waals surface area (Å²) in [5.74, 6) is 1.36. The van der Waals surface area contributed by atoms with Crippen LogP contribution in [0.3, 0.4) is 0 Å². The van der Waals surface area contributed by atoms with E-state index in [1.54, 1.807) is 7.11 Å². The molecule has 0 radical (unpaired) electrons. The molecule has 1 aromatic rings.